The molecule has 3 nitrogen and oxygen atoms in total. The number of rotatable bonds is 4. The number of aryl methyl sites for hydroxylation is 1. The summed E-state index contributed by atoms with van der Waals surface area (Å²) in [5, 5.41) is 5.12. The first-order chi connectivity index (χ1) is 17.0. The van der Waals surface area contributed by atoms with Crippen LogP contribution in [0.3, 0.4) is 0 Å². The van der Waals surface area contributed by atoms with E-state index in [1.807, 2.05) is 36.4 Å². The number of nitrogens with two attached hydrogens (primary N) is 1. The highest BCUT2D eigenvalue weighted by atomic mass is 35.5. The minimum absolute atomic E-state index is 0.419. The standard InChI is InChI=1S/C31H23ClN2O/c1-19-9-10-22(25-6-3-2-5-24(19)25)18-34-28-8-4-7-27(31(33)35)30(28)26-16-13-21(17-29(26)34)20-11-14-23(32)15-12-20/h2-17H,18H2,1H3,(H2,33,35). The molecule has 0 aliphatic carbocycles. The fourth-order valence-corrected chi connectivity index (χ4v) is 5.29. The Bertz CT molecular complexity index is 1760. The van der Waals surface area contributed by atoms with Gasteiger partial charge in [0.2, 0.25) is 5.91 Å². The zero-order valence-corrected chi connectivity index (χ0v) is 20.0. The van der Waals surface area contributed by atoms with Gasteiger partial charge in [-0.1, -0.05) is 78.3 Å². The smallest absolute Gasteiger partial charge is 0.249 e. The number of halogens is 1. The molecule has 5 aromatic carbocycles. The molecule has 0 radical (unpaired) electrons. The number of carbonyl (C=O) groups is 1. The molecule has 0 saturated heterocycles. The molecule has 0 saturated carbocycles. The predicted octanol–water partition coefficient (Wildman–Crippen LogP) is 7.72. The summed E-state index contributed by atoms with van der Waals surface area (Å²) in [5.74, 6) is -0.419. The van der Waals surface area contributed by atoms with Crippen molar-refractivity contribution in [2.24, 2.45) is 5.73 Å². The summed E-state index contributed by atoms with van der Waals surface area (Å²) in [7, 11) is 0. The maximum absolute atomic E-state index is 12.4. The van der Waals surface area contributed by atoms with E-state index < -0.39 is 5.91 Å². The second-order valence-electron chi connectivity index (χ2n) is 8.98. The van der Waals surface area contributed by atoms with E-state index in [1.165, 1.54) is 21.9 Å². The van der Waals surface area contributed by atoms with E-state index in [0.717, 1.165) is 32.9 Å². The first kappa shape index (κ1) is 21.5. The van der Waals surface area contributed by atoms with Gasteiger partial charge in [-0.05, 0) is 70.3 Å². The van der Waals surface area contributed by atoms with E-state index in [4.69, 9.17) is 17.3 Å². The summed E-state index contributed by atoms with van der Waals surface area (Å²) in [6.45, 7) is 2.82. The molecule has 0 atom stereocenters. The number of carbonyl (C=O) groups excluding carboxylic acids is 1. The van der Waals surface area contributed by atoms with Crippen molar-refractivity contribution in [3.63, 3.8) is 0 Å². The minimum atomic E-state index is -0.419. The molecule has 35 heavy (non-hydrogen) atoms. The third-order valence-corrected chi connectivity index (χ3v) is 7.15. The van der Waals surface area contributed by atoms with Crippen LogP contribution in [0.1, 0.15) is 21.5 Å². The highest BCUT2D eigenvalue weighted by Gasteiger charge is 2.18. The average molecular weight is 475 g/mol. The van der Waals surface area contributed by atoms with Crippen molar-refractivity contribution in [1.29, 1.82) is 0 Å². The van der Waals surface area contributed by atoms with Crippen LogP contribution in [0.4, 0.5) is 0 Å². The fourth-order valence-electron chi connectivity index (χ4n) is 5.16. The van der Waals surface area contributed by atoms with Crippen molar-refractivity contribution in [2.75, 3.05) is 0 Å². The molecule has 4 heteroatoms. The van der Waals surface area contributed by atoms with Crippen LogP contribution in [0.5, 0.6) is 0 Å². The number of hydrogen-bond acceptors (Lipinski definition) is 1. The molecular formula is C31H23ClN2O. The third-order valence-electron chi connectivity index (χ3n) is 6.89. The molecule has 2 N–H and O–H groups in total. The Hall–Kier alpha value is -4.08. The lowest BCUT2D eigenvalue weighted by Gasteiger charge is -2.13. The van der Waals surface area contributed by atoms with Gasteiger partial charge in [0.1, 0.15) is 0 Å². The Kier molecular flexibility index (Phi) is 5.09. The van der Waals surface area contributed by atoms with E-state index in [2.05, 4.69) is 72.2 Å². The summed E-state index contributed by atoms with van der Waals surface area (Å²) >= 11 is 6.12. The van der Waals surface area contributed by atoms with E-state index in [9.17, 15) is 4.79 Å². The molecular weight excluding hydrogens is 452 g/mol. The highest BCUT2D eigenvalue weighted by Crippen LogP contribution is 2.36. The van der Waals surface area contributed by atoms with Gasteiger partial charge in [0, 0.05) is 27.9 Å². The van der Waals surface area contributed by atoms with E-state index >= 15 is 0 Å². The zero-order valence-electron chi connectivity index (χ0n) is 19.3. The topological polar surface area (TPSA) is 48.0 Å². The molecule has 0 bridgehead atoms. The largest absolute Gasteiger partial charge is 0.366 e. The van der Waals surface area contributed by atoms with Gasteiger partial charge in [0.25, 0.3) is 0 Å². The van der Waals surface area contributed by atoms with Crippen molar-refractivity contribution in [2.45, 2.75) is 13.5 Å². The molecule has 0 aliphatic heterocycles. The normalized spacial score (nSPS) is 11.5. The first-order valence-electron chi connectivity index (χ1n) is 11.6. The molecule has 1 aromatic heterocycles. The van der Waals surface area contributed by atoms with E-state index in [-0.39, 0.29) is 0 Å². The Labute approximate surface area is 208 Å². The summed E-state index contributed by atoms with van der Waals surface area (Å²) in [6, 6.07) is 32.9. The molecule has 0 aliphatic rings. The minimum Gasteiger partial charge on any atom is -0.366 e. The number of amides is 1. The van der Waals surface area contributed by atoms with Gasteiger partial charge in [-0.2, -0.15) is 0 Å². The van der Waals surface area contributed by atoms with Gasteiger partial charge in [-0.25, -0.2) is 0 Å². The van der Waals surface area contributed by atoms with Crippen LogP contribution in [0.15, 0.2) is 97.1 Å². The maximum atomic E-state index is 12.4. The predicted molar refractivity (Wildman–Crippen MR) is 146 cm³/mol. The van der Waals surface area contributed by atoms with Crippen molar-refractivity contribution in [1.82, 2.24) is 4.57 Å². The van der Waals surface area contributed by atoms with E-state index in [0.29, 0.717) is 17.1 Å². The van der Waals surface area contributed by atoms with Crippen molar-refractivity contribution >= 4 is 50.1 Å². The number of primary amides is 1. The van der Waals surface area contributed by atoms with Crippen LogP contribution in [-0.2, 0) is 6.54 Å². The van der Waals surface area contributed by atoms with Gasteiger partial charge < -0.3 is 10.3 Å². The molecule has 6 aromatic rings. The quantitative estimate of drug-likeness (QED) is 0.279. The summed E-state index contributed by atoms with van der Waals surface area (Å²) < 4.78 is 2.30. The van der Waals surface area contributed by atoms with Gasteiger partial charge in [-0.3, -0.25) is 4.79 Å². The molecule has 1 amide bonds. The summed E-state index contributed by atoms with van der Waals surface area (Å²) in [6.07, 6.45) is 0. The second kappa shape index (κ2) is 8.30. The first-order valence-corrected chi connectivity index (χ1v) is 12.0. The Morgan fingerprint density at radius 3 is 2.29 bits per heavy atom. The molecule has 0 spiro atoms. The summed E-state index contributed by atoms with van der Waals surface area (Å²) in [4.78, 5) is 12.4. The SMILES string of the molecule is Cc1ccc(Cn2c3cc(-c4ccc(Cl)cc4)ccc3c3c(C(N)=O)cccc32)c2ccccc12. The Morgan fingerprint density at radius 2 is 1.51 bits per heavy atom. The second-order valence-corrected chi connectivity index (χ2v) is 9.41. The zero-order chi connectivity index (χ0) is 24.1. The number of fused-ring (bicyclic) bond motifs is 4. The third kappa shape index (κ3) is 3.56. The molecule has 0 fully saturated rings. The maximum Gasteiger partial charge on any atom is 0.249 e. The monoisotopic (exact) mass is 474 g/mol. The van der Waals surface area contributed by atoms with Gasteiger partial charge >= 0.3 is 0 Å². The van der Waals surface area contributed by atoms with E-state index in [1.54, 1.807) is 0 Å². The molecule has 6 rings (SSSR count). The number of benzene rings is 5. The van der Waals surface area contributed by atoms with Crippen LogP contribution in [0.25, 0.3) is 43.7 Å². The van der Waals surface area contributed by atoms with Crippen molar-refractivity contribution in [3.05, 3.63) is 119 Å². The summed E-state index contributed by atoms with van der Waals surface area (Å²) in [5.41, 5.74) is 13.1. The molecule has 170 valence electrons. The lowest BCUT2D eigenvalue weighted by atomic mass is 10.00. The van der Waals surface area contributed by atoms with Crippen molar-refractivity contribution < 1.29 is 4.79 Å². The Balaban J connectivity index is 1.64. The highest BCUT2D eigenvalue weighted by molar-refractivity contribution is 6.30. The lowest BCUT2D eigenvalue weighted by Crippen LogP contribution is -2.11. The van der Waals surface area contributed by atoms with Gasteiger partial charge in [0.05, 0.1) is 11.0 Å². The van der Waals surface area contributed by atoms with Crippen LogP contribution >= 0.6 is 11.6 Å². The van der Waals surface area contributed by atoms with Crippen molar-refractivity contribution in [3.8, 4) is 11.1 Å². The van der Waals surface area contributed by atoms with Gasteiger partial charge in [0.15, 0.2) is 0 Å². The number of hydrogen-bond donors (Lipinski definition) is 1. The Morgan fingerprint density at radius 1 is 0.771 bits per heavy atom. The van der Waals surface area contributed by atoms with Crippen LogP contribution in [-0.4, -0.2) is 10.5 Å². The fraction of sp³-hybridized carbons (Fsp3) is 0.0645. The molecule has 1 heterocycles. The number of aromatic nitrogens is 1. The number of nitrogens with zero attached hydrogens (tertiary/aromatic N) is 1. The lowest BCUT2D eigenvalue weighted by molar-refractivity contribution is 0.100. The van der Waals surface area contributed by atoms with Crippen LogP contribution in [0.2, 0.25) is 5.02 Å². The molecule has 0 unspecified atom stereocenters. The van der Waals surface area contributed by atoms with Crippen LogP contribution < -0.4 is 5.73 Å². The average Bonchev–Trinajstić information content (AvgIpc) is 3.19. The van der Waals surface area contributed by atoms with Gasteiger partial charge in [-0.15, -0.1) is 0 Å². The van der Waals surface area contributed by atoms with Crippen LogP contribution in [0, 0.1) is 6.92 Å².